The molecule has 0 saturated carbocycles. The van der Waals surface area contributed by atoms with Crippen molar-refractivity contribution in [3.8, 4) is 0 Å². The molecule has 2 heterocycles. The second-order valence-corrected chi connectivity index (χ2v) is 3.10. The first kappa shape index (κ1) is 9.38. The number of carbonyl (C=O) groups is 1. The summed E-state index contributed by atoms with van der Waals surface area (Å²) >= 11 is 0. The van der Waals surface area contributed by atoms with Crippen molar-refractivity contribution >= 4 is 17.1 Å². The number of aryl methyl sites for hydroxylation is 1. The molecule has 0 aliphatic carbocycles. The second-order valence-electron chi connectivity index (χ2n) is 3.10. The quantitative estimate of drug-likeness (QED) is 0.620. The summed E-state index contributed by atoms with van der Waals surface area (Å²) in [6.07, 6.45) is -0.255. The average molecular weight is 208 g/mol. The number of rotatable bonds is 2. The van der Waals surface area contributed by atoms with Crippen LogP contribution in [0.15, 0.2) is 4.79 Å². The number of H-pyrrole nitrogens is 2. The number of aromatic nitrogens is 4. The van der Waals surface area contributed by atoms with Gasteiger partial charge in [0.2, 0.25) is 0 Å². The molecular formula is C8H8N4O3. The minimum Gasteiger partial charge on any atom is -0.481 e. The Balaban J connectivity index is 2.60. The number of imidazole rings is 1. The first-order valence-corrected chi connectivity index (χ1v) is 4.23. The number of hydrogen-bond acceptors (Lipinski definition) is 4. The lowest BCUT2D eigenvalue weighted by atomic mass is 10.4. The number of carboxylic acids is 1. The molecule has 0 aliphatic rings. The third-order valence-corrected chi connectivity index (χ3v) is 1.85. The lowest BCUT2D eigenvalue weighted by Crippen LogP contribution is -2.09. The van der Waals surface area contributed by atoms with Crippen LogP contribution in [0.5, 0.6) is 0 Å². The van der Waals surface area contributed by atoms with Crippen LogP contribution >= 0.6 is 0 Å². The molecule has 0 saturated heterocycles. The third-order valence-electron chi connectivity index (χ3n) is 1.85. The van der Waals surface area contributed by atoms with Crippen molar-refractivity contribution in [3.63, 3.8) is 0 Å². The van der Waals surface area contributed by atoms with Gasteiger partial charge in [-0.1, -0.05) is 0 Å². The van der Waals surface area contributed by atoms with Crippen molar-refractivity contribution < 1.29 is 9.90 Å². The Morgan fingerprint density at radius 1 is 1.40 bits per heavy atom. The summed E-state index contributed by atoms with van der Waals surface area (Å²) in [5.74, 6) is -0.343. The number of hydrogen-bond donors (Lipinski definition) is 3. The number of aromatic amines is 2. The Kier molecular flexibility index (Phi) is 2.00. The highest BCUT2D eigenvalue weighted by Crippen LogP contribution is 2.04. The van der Waals surface area contributed by atoms with Crippen LogP contribution in [0.2, 0.25) is 0 Å². The summed E-state index contributed by atoms with van der Waals surface area (Å²) in [5.41, 5.74) is 0.103. The number of nitrogens with one attached hydrogen (secondary N) is 2. The van der Waals surface area contributed by atoms with Crippen molar-refractivity contribution in [1.82, 2.24) is 19.9 Å². The Morgan fingerprint density at radius 2 is 2.13 bits per heavy atom. The van der Waals surface area contributed by atoms with E-state index in [1.165, 1.54) is 0 Å². The maximum Gasteiger partial charge on any atom is 0.311 e. The van der Waals surface area contributed by atoms with E-state index in [-0.39, 0.29) is 29.0 Å². The van der Waals surface area contributed by atoms with E-state index in [2.05, 4.69) is 19.9 Å². The predicted molar refractivity (Wildman–Crippen MR) is 50.6 cm³/mol. The fraction of sp³-hybridized carbons (Fsp3) is 0.250. The van der Waals surface area contributed by atoms with Crippen molar-refractivity contribution in [2.45, 2.75) is 13.3 Å². The monoisotopic (exact) mass is 208 g/mol. The maximum absolute atomic E-state index is 11.4. The van der Waals surface area contributed by atoms with Gasteiger partial charge in [-0.25, -0.2) is 9.97 Å². The van der Waals surface area contributed by atoms with E-state index < -0.39 is 5.97 Å². The van der Waals surface area contributed by atoms with Gasteiger partial charge in [-0.3, -0.25) is 9.59 Å². The molecule has 0 aliphatic heterocycles. The van der Waals surface area contributed by atoms with Crippen LogP contribution in [-0.2, 0) is 11.2 Å². The van der Waals surface area contributed by atoms with Gasteiger partial charge in [-0.2, -0.15) is 0 Å². The Hall–Kier alpha value is -2.18. The molecule has 2 rings (SSSR count). The smallest absolute Gasteiger partial charge is 0.311 e. The molecule has 0 spiro atoms. The fourth-order valence-electron chi connectivity index (χ4n) is 1.29. The standard InChI is InChI=1S/C8H8N4O3/c1-3-9-7-6(8(15)10-3)11-4(12-7)2-5(13)14/h2H2,1H3,(H,13,14)(H2,9,10,11,12,15). The molecule has 15 heavy (non-hydrogen) atoms. The van der Waals surface area contributed by atoms with Gasteiger partial charge >= 0.3 is 5.97 Å². The van der Waals surface area contributed by atoms with Gasteiger partial charge in [0, 0.05) is 0 Å². The zero-order valence-electron chi connectivity index (χ0n) is 7.87. The summed E-state index contributed by atoms with van der Waals surface area (Å²) in [5, 5.41) is 8.55. The van der Waals surface area contributed by atoms with Crippen molar-refractivity contribution in [3.05, 3.63) is 22.0 Å². The molecule has 0 fully saturated rings. The van der Waals surface area contributed by atoms with E-state index in [4.69, 9.17) is 5.11 Å². The first-order valence-electron chi connectivity index (χ1n) is 4.23. The van der Waals surface area contributed by atoms with Crippen LogP contribution in [-0.4, -0.2) is 31.0 Å². The third kappa shape index (κ3) is 1.71. The maximum atomic E-state index is 11.4. The number of nitrogens with zero attached hydrogens (tertiary/aromatic N) is 2. The van der Waals surface area contributed by atoms with Crippen LogP contribution in [0.4, 0.5) is 0 Å². The van der Waals surface area contributed by atoms with E-state index in [9.17, 15) is 9.59 Å². The summed E-state index contributed by atoms with van der Waals surface area (Å²) < 4.78 is 0. The molecule has 0 radical (unpaired) electrons. The molecule has 0 atom stereocenters. The van der Waals surface area contributed by atoms with Crippen LogP contribution in [0.3, 0.4) is 0 Å². The molecule has 0 bridgehead atoms. The fourth-order valence-corrected chi connectivity index (χ4v) is 1.29. The number of carboxylic acid groups (broad SMARTS) is 1. The average Bonchev–Trinajstić information content (AvgIpc) is 2.45. The molecule has 0 amide bonds. The molecule has 2 aromatic rings. The highest BCUT2D eigenvalue weighted by atomic mass is 16.4. The lowest BCUT2D eigenvalue weighted by Gasteiger charge is -1.89. The van der Waals surface area contributed by atoms with Gasteiger partial charge in [-0.15, -0.1) is 0 Å². The molecule has 3 N–H and O–H groups in total. The second kappa shape index (κ2) is 3.19. The Morgan fingerprint density at radius 3 is 2.80 bits per heavy atom. The summed E-state index contributed by atoms with van der Waals surface area (Å²) in [4.78, 5) is 34.8. The minimum absolute atomic E-state index is 0.205. The molecule has 0 unspecified atom stereocenters. The van der Waals surface area contributed by atoms with Crippen LogP contribution in [0.25, 0.3) is 11.2 Å². The Bertz CT molecular complexity index is 583. The molecule has 0 aromatic carbocycles. The Labute approximate surface area is 83.2 Å². The largest absolute Gasteiger partial charge is 0.481 e. The summed E-state index contributed by atoms with van der Waals surface area (Å²) in [7, 11) is 0. The molecular weight excluding hydrogens is 200 g/mol. The molecule has 2 aromatic heterocycles. The SMILES string of the molecule is Cc1nc2nc(CC(=O)O)[nH]c2c(=O)[nH]1. The predicted octanol–water partition coefficient (Wildman–Crippen LogP) is -0.418. The van der Waals surface area contributed by atoms with Crippen molar-refractivity contribution in [2.75, 3.05) is 0 Å². The topological polar surface area (TPSA) is 112 Å². The van der Waals surface area contributed by atoms with Gasteiger partial charge in [0.15, 0.2) is 11.2 Å². The number of aliphatic carboxylic acids is 1. The molecule has 7 nitrogen and oxygen atoms in total. The van der Waals surface area contributed by atoms with Gasteiger partial charge in [-0.05, 0) is 6.92 Å². The van der Waals surface area contributed by atoms with E-state index >= 15 is 0 Å². The first-order chi connectivity index (χ1) is 7.06. The highest BCUT2D eigenvalue weighted by Gasteiger charge is 2.10. The van der Waals surface area contributed by atoms with Crippen LogP contribution in [0.1, 0.15) is 11.6 Å². The van der Waals surface area contributed by atoms with Crippen molar-refractivity contribution in [1.29, 1.82) is 0 Å². The van der Waals surface area contributed by atoms with E-state index in [0.29, 0.717) is 5.82 Å². The minimum atomic E-state index is -1.01. The molecule has 7 heteroatoms. The zero-order chi connectivity index (χ0) is 11.0. The van der Waals surface area contributed by atoms with Gasteiger partial charge in [0.25, 0.3) is 5.56 Å². The van der Waals surface area contributed by atoms with Crippen LogP contribution in [0, 0.1) is 6.92 Å². The lowest BCUT2D eigenvalue weighted by molar-refractivity contribution is -0.136. The van der Waals surface area contributed by atoms with Crippen molar-refractivity contribution in [2.24, 2.45) is 0 Å². The summed E-state index contributed by atoms with van der Waals surface area (Å²) in [6, 6.07) is 0. The van der Waals surface area contributed by atoms with E-state index in [1.54, 1.807) is 6.92 Å². The van der Waals surface area contributed by atoms with Gasteiger partial charge in [0.05, 0.1) is 0 Å². The number of fused-ring (bicyclic) bond motifs is 1. The zero-order valence-corrected chi connectivity index (χ0v) is 7.87. The normalized spacial score (nSPS) is 10.7. The highest BCUT2D eigenvalue weighted by molar-refractivity contribution is 5.73. The van der Waals surface area contributed by atoms with E-state index in [1.807, 2.05) is 0 Å². The molecule has 78 valence electrons. The van der Waals surface area contributed by atoms with E-state index in [0.717, 1.165) is 0 Å². The summed E-state index contributed by atoms with van der Waals surface area (Å²) in [6.45, 7) is 1.63. The van der Waals surface area contributed by atoms with Gasteiger partial charge < -0.3 is 15.1 Å². The van der Waals surface area contributed by atoms with Gasteiger partial charge in [0.1, 0.15) is 18.1 Å². The van der Waals surface area contributed by atoms with Crippen LogP contribution < -0.4 is 5.56 Å².